The predicted molar refractivity (Wildman–Crippen MR) is 58.9 cm³/mol. The van der Waals surface area contributed by atoms with E-state index >= 15 is 0 Å². The van der Waals surface area contributed by atoms with Gasteiger partial charge in [-0.1, -0.05) is 18.7 Å². The van der Waals surface area contributed by atoms with Crippen LogP contribution in [0.15, 0.2) is 41.2 Å². The van der Waals surface area contributed by atoms with Crippen molar-refractivity contribution >= 4 is 5.71 Å². The van der Waals surface area contributed by atoms with Gasteiger partial charge in [-0.05, 0) is 13.3 Å². The third-order valence-electron chi connectivity index (χ3n) is 2.22. The second kappa shape index (κ2) is 4.77. The summed E-state index contributed by atoms with van der Waals surface area (Å²) in [5.41, 5.74) is 8.35. The molecule has 3 heteroatoms. The van der Waals surface area contributed by atoms with Crippen LogP contribution >= 0.6 is 0 Å². The predicted octanol–water partition coefficient (Wildman–Crippen LogP) is 1.37. The highest BCUT2D eigenvalue weighted by atomic mass is 16.3. The monoisotopic (exact) mass is 192 g/mol. The van der Waals surface area contributed by atoms with Crippen LogP contribution in [-0.2, 0) is 0 Å². The van der Waals surface area contributed by atoms with E-state index in [1.165, 1.54) is 6.20 Å². The van der Waals surface area contributed by atoms with Crippen LogP contribution < -0.4 is 5.73 Å². The van der Waals surface area contributed by atoms with E-state index in [0.29, 0.717) is 6.42 Å². The maximum atomic E-state index is 8.88. The molecule has 0 aliphatic heterocycles. The Kier molecular flexibility index (Phi) is 3.65. The standard InChI is InChI=1S/C11H16N2O/c1-3-13-11-9(6-7-14)4-5-10(11)8(2)12/h3-5,9,14H,1,6-7,12H2,2H3/b10-8+,13-11?. The van der Waals surface area contributed by atoms with Gasteiger partial charge in [-0.25, -0.2) is 0 Å². The molecule has 0 amide bonds. The molecular weight excluding hydrogens is 176 g/mol. The Balaban J connectivity index is 2.97. The van der Waals surface area contributed by atoms with E-state index in [4.69, 9.17) is 10.8 Å². The van der Waals surface area contributed by atoms with E-state index in [0.717, 1.165) is 17.0 Å². The van der Waals surface area contributed by atoms with E-state index in [-0.39, 0.29) is 12.5 Å². The van der Waals surface area contributed by atoms with E-state index in [9.17, 15) is 0 Å². The highest BCUT2D eigenvalue weighted by molar-refractivity contribution is 6.08. The molecule has 3 nitrogen and oxygen atoms in total. The molecule has 1 unspecified atom stereocenters. The van der Waals surface area contributed by atoms with Crippen molar-refractivity contribution in [2.24, 2.45) is 16.6 Å². The molecule has 1 aliphatic rings. The van der Waals surface area contributed by atoms with Gasteiger partial charge in [0.25, 0.3) is 0 Å². The number of aliphatic hydroxyl groups excluding tert-OH is 1. The Hall–Kier alpha value is -1.35. The van der Waals surface area contributed by atoms with Gasteiger partial charge in [-0.15, -0.1) is 0 Å². The first-order valence-corrected chi connectivity index (χ1v) is 4.65. The first kappa shape index (κ1) is 10.7. The summed E-state index contributed by atoms with van der Waals surface area (Å²) in [5.74, 6) is 0.173. The Bertz CT molecular complexity index is 309. The summed E-state index contributed by atoms with van der Waals surface area (Å²) in [6.07, 6.45) is 6.16. The zero-order chi connectivity index (χ0) is 10.6. The van der Waals surface area contributed by atoms with Crippen LogP contribution in [0.5, 0.6) is 0 Å². The molecule has 14 heavy (non-hydrogen) atoms. The van der Waals surface area contributed by atoms with E-state index in [1.54, 1.807) is 0 Å². The van der Waals surface area contributed by atoms with Crippen molar-refractivity contribution in [2.75, 3.05) is 6.61 Å². The van der Waals surface area contributed by atoms with Crippen LogP contribution in [0.25, 0.3) is 0 Å². The van der Waals surface area contributed by atoms with Crippen molar-refractivity contribution in [1.82, 2.24) is 0 Å². The summed E-state index contributed by atoms with van der Waals surface area (Å²) in [6.45, 7) is 5.57. The van der Waals surface area contributed by atoms with Gasteiger partial charge in [-0.3, -0.25) is 4.99 Å². The average molecular weight is 192 g/mol. The van der Waals surface area contributed by atoms with Gasteiger partial charge in [0.2, 0.25) is 0 Å². The molecule has 1 atom stereocenters. The number of allylic oxidation sites excluding steroid dienone is 4. The lowest BCUT2D eigenvalue weighted by molar-refractivity contribution is 0.282. The normalized spacial score (nSPS) is 27.0. The number of hydrogen-bond acceptors (Lipinski definition) is 3. The Morgan fingerprint density at radius 3 is 3.00 bits per heavy atom. The topological polar surface area (TPSA) is 58.6 Å². The SMILES string of the molecule is C=CN=C1/C(=C(\C)N)C=CC1CCO. The summed E-state index contributed by atoms with van der Waals surface area (Å²) in [6, 6.07) is 0. The van der Waals surface area contributed by atoms with Crippen molar-refractivity contribution in [3.05, 3.63) is 36.2 Å². The highest BCUT2D eigenvalue weighted by Gasteiger charge is 2.21. The van der Waals surface area contributed by atoms with Crippen molar-refractivity contribution in [2.45, 2.75) is 13.3 Å². The van der Waals surface area contributed by atoms with Gasteiger partial charge < -0.3 is 10.8 Å². The molecule has 0 saturated carbocycles. The third-order valence-corrected chi connectivity index (χ3v) is 2.22. The molecule has 0 saturated heterocycles. The van der Waals surface area contributed by atoms with Crippen molar-refractivity contribution < 1.29 is 5.11 Å². The van der Waals surface area contributed by atoms with E-state index in [1.807, 2.05) is 19.1 Å². The molecule has 0 radical (unpaired) electrons. The number of nitrogens with two attached hydrogens (primary N) is 1. The lowest BCUT2D eigenvalue weighted by atomic mass is 10.0. The van der Waals surface area contributed by atoms with Gasteiger partial charge in [0.05, 0.1) is 5.71 Å². The Morgan fingerprint density at radius 2 is 2.50 bits per heavy atom. The smallest absolute Gasteiger partial charge is 0.0562 e. The van der Waals surface area contributed by atoms with Crippen LogP contribution in [-0.4, -0.2) is 17.4 Å². The number of rotatable bonds is 3. The van der Waals surface area contributed by atoms with Gasteiger partial charge in [0.1, 0.15) is 0 Å². The fraction of sp³-hybridized carbons (Fsp3) is 0.364. The number of aliphatic imine (C=N–C) groups is 1. The first-order chi connectivity index (χ1) is 6.70. The summed E-state index contributed by atoms with van der Waals surface area (Å²) < 4.78 is 0. The second-order valence-corrected chi connectivity index (χ2v) is 3.27. The zero-order valence-corrected chi connectivity index (χ0v) is 8.40. The molecule has 0 bridgehead atoms. The summed E-state index contributed by atoms with van der Waals surface area (Å²) in [5, 5.41) is 8.88. The zero-order valence-electron chi connectivity index (χ0n) is 8.40. The molecule has 0 spiro atoms. The van der Waals surface area contributed by atoms with Gasteiger partial charge in [0.15, 0.2) is 0 Å². The lowest BCUT2D eigenvalue weighted by Crippen LogP contribution is -2.13. The molecule has 76 valence electrons. The maximum Gasteiger partial charge on any atom is 0.0562 e. The van der Waals surface area contributed by atoms with E-state index < -0.39 is 0 Å². The third kappa shape index (κ3) is 2.12. The van der Waals surface area contributed by atoms with Crippen LogP contribution in [0, 0.1) is 5.92 Å². The largest absolute Gasteiger partial charge is 0.402 e. The summed E-state index contributed by atoms with van der Waals surface area (Å²) in [7, 11) is 0. The second-order valence-electron chi connectivity index (χ2n) is 3.27. The first-order valence-electron chi connectivity index (χ1n) is 4.65. The van der Waals surface area contributed by atoms with Crippen molar-refractivity contribution in [3.8, 4) is 0 Å². The Labute approximate surface area is 84.3 Å². The van der Waals surface area contributed by atoms with Crippen LogP contribution in [0.1, 0.15) is 13.3 Å². The molecule has 0 aromatic heterocycles. The minimum absolute atomic E-state index is 0.155. The molecule has 3 N–H and O–H groups in total. The molecule has 1 aliphatic carbocycles. The molecule has 1 rings (SSSR count). The number of nitrogens with zero attached hydrogens (tertiary/aromatic N) is 1. The minimum Gasteiger partial charge on any atom is -0.402 e. The fourth-order valence-corrected chi connectivity index (χ4v) is 1.56. The van der Waals surface area contributed by atoms with Crippen molar-refractivity contribution in [1.29, 1.82) is 0 Å². The maximum absolute atomic E-state index is 8.88. The molecule has 0 fully saturated rings. The molecular formula is C11H16N2O. The molecule has 0 aromatic rings. The van der Waals surface area contributed by atoms with E-state index in [2.05, 4.69) is 11.6 Å². The van der Waals surface area contributed by atoms with Gasteiger partial charge >= 0.3 is 0 Å². The van der Waals surface area contributed by atoms with Crippen LogP contribution in [0.2, 0.25) is 0 Å². The fourth-order valence-electron chi connectivity index (χ4n) is 1.56. The minimum atomic E-state index is 0.155. The summed E-state index contributed by atoms with van der Waals surface area (Å²) >= 11 is 0. The molecule has 0 aromatic carbocycles. The number of hydrogen-bond donors (Lipinski definition) is 2. The van der Waals surface area contributed by atoms with Gasteiger partial charge in [-0.2, -0.15) is 0 Å². The van der Waals surface area contributed by atoms with Crippen LogP contribution in [0.3, 0.4) is 0 Å². The Morgan fingerprint density at radius 1 is 1.79 bits per heavy atom. The summed E-state index contributed by atoms with van der Waals surface area (Å²) in [4.78, 5) is 4.20. The van der Waals surface area contributed by atoms with Crippen LogP contribution in [0.4, 0.5) is 0 Å². The van der Waals surface area contributed by atoms with Gasteiger partial charge in [0, 0.05) is 30.0 Å². The average Bonchev–Trinajstić information content (AvgIpc) is 2.50. The van der Waals surface area contributed by atoms with Crippen molar-refractivity contribution in [3.63, 3.8) is 0 Å². The molecule has 0 heterocycles. The highest BCUT2D eigenvalue weighted by Crippen LogP contribution is 2.24. The quantitative estimate of drug-likeness (QED) is 0.709. The lowest BCUT2D eigenvalue weighted by Gasteiger charge is -2.09. The number of aliphatic hydroxyl groups is 1.